The number of ether oxygens (including phenoxy) is 2. The van der Waals surface area contributed by atoms with Crippen molar-refractivity contribution in [2.24, 2.45) is 5.73 Å². The molecule has 1 saturated heterocycles. The summed E-state index contributed by atoms with van der Waals surface area (Å²) in [5.41, 5.74) is 6.30. The number of carbonyl (C=O) groups is 1. The van der Waals surface area contributed by atoms with Crippen molar-refractivity contribution < 1.29 is 14.3 Å². The molecule has 0 radical (unpaired) electrons. The van der Waals surface area contributed by atoms with Gasteiger partial charge in [-0.2, -0.15) is 0 Å². The molecule has 6 heteroatoms. The van der Waals surface area contributed by atoms with Gasteiger partial charge in [-0.25, -0.2) is 0 Å². The first-order valence-corrected chi connectivity index (χ1v) is 8.58. The Morgan fingerprint density at radius 1 is 1.25 bits per heavy atom. The lowest BCUT2D eigenvalue weighted by atomic mass is 9.97. The molecule has 2 fully saturated rings. The number of nitrogens with one attached hydrogen (secondary N) is 1. The van der Waals surface area contributed by atoms with Crippen LogP contribution in [0.2, 0.25) is 0 Å². The Morgan fingerprint density at radius 3 is 2.54 bits per heavy atom. The molecule has 134 valence electrons. The van der Waals surface area contributed by atoms with Crippen molar-refractivity contribution >= 4 is 18.3 Å². The van der Waals surface area contributed by atoms with E-state index in [1.165, 1.54) is 0 Å². The topological polar surface area (TPSA) is 73.6 Å². The molecule has 1 saturated carbocycles. The first kappa shape index (κ1) is 19.0. The molecule has 1 aromatic carbocycles. The van der Waals surface area contributed by atoms with E-state index in [1.54, 1.807) is 12.1 Å². The SMILES string of the molecule is Cl.NCC1(NC(=O)c2ccc(OCC3CCCO3)cc2)CCCC1. The fourth-order valence-electron chi connectivity index (χ4n) is 3.41. The van der Waals surface area contributed by atoms with E-state index < -0.39 is 0 Å². The van der Waals surface area contributed by atoms with Crippen LogP contribution in [0.4, 0.5) is 0 Å². The summed E-state index contributed by atoms with van der Waals surface area (Å²) in [6, 6.07) is 7.29. The highest BCUT2D eigenvalue weighted by Crippen LogP contribution is 2.29. The third kappa shape index (κ3) is 4.62. The number of hydrogen-bond donors (Lipinski definition) is 2. The summed E-state index contributed by atoms with van der Waals surface area (Å²) in [7, 11) is 0. The van der Waals surface area contributed by atoms with Gasteiger partial charge in [0.05, 0.1) is 11.6 Å². The summed E-state index contributed by atoms with van der Waals surface area (Å²) in [5, 5.41) is 3.13. The van der Waals surface area contributed by atoms with Crippen molar-refractivity contribution in [1.82, 2.24) is 5.32 Å². The maximum absolute atomic E-state index is 12.4. The minimum Gasteiger partial charge on any atom is -0.491 e. The summed E-state index contributed by atoms with van der Waals surface area (Å²) in [4.78, 5) is 12.4. The van der Waals surface area contributed by atoms with Gasteiger partial charge in [-0.3, -0.25) is 4.79 Å². The van der Waals surface area contributed by atoms with Gasteiger partial charge in [0.15, 0.2) is 0 Å². The summed E-state index contributed by atoms with van der Waals surface area (Å²) in [5.74, 6) is 0.717. The zero-order chi connectivity index (χ0) is 16.1. The van der Waals surface area contributed by atoms with E-state index in [1.807, 2.05) is 12.1 Å². The van der Waals surface area contributed by atoms with Gasteiger partial charge in [0.2, 0.25) is 0 Å². The van der Waals surface area contributed by atoms with E-state index >= 15 is 0 Å². The van der Waals surface area contributed by atoms with Gasteiger partial charge >= 0.3 is 0 Å². The maximum Gasteiger partial charge on any atom is 0.251 e. The molecule has 1 heterocycles. The fourth-order valence-corrected chi connectivity index (χ4v) is 3.41. The van der Waals surface area contributed by atoms with Crippen molar-refractivity contribution in [2.75, 3.05) is 19.8 Å². The van der Waals surface area contributed by atoms with Gasteiger partial charge in [0, 0.05) is 18.7 Å². The van der Waals surface area contributed by atoms with E-state index in [-0.39, 0.29) is 30.0 Å². The van der Waals surface area contributed by atoms with Crippen molar-refractivity contribution in [2.45, 2.75) is 50.2 Å². The Morgan fingerprint density at radius 2 is 1.96 bits per heavy atom. The smallest absolute Gasteiger partial charge is 0.251 e. The quantitative estimate of drug-likeness (QED) is 0.823. The zero-order valence-electron chi connectivity index (χ0n) is 14.0. The first-order valence-electron chi connectivity index (χ1n) is 8.58. The molecule has 1 aliphatic heterocycles. The molecule has 0 bridgehead atoms. The van der Waals surface area contributed by atoms with Crippen LogP contribution in [-0.2, 0) is 4.74 Å². The van der Waals surface area contributed by atoms with Gasteiger partial charge in [-0.1, -0.05) is 12.8 Å². The number of rotatable bonds is 6. The average molecular weight is 355 g/mol. The number of nitrogens with two attached hydrogens (primary N) is 1. The standard InChI is InChI=1S/C18H26N2O3.ClH/c19-13-18(9-1-2-10-18)20-17(21)14-5-7-15(8-6-14)23-12-16-4-3-11-22-16;/h5-8,16H,1-4,9-13,19H2,(H,20,21);1H. The van der Waals surface area contributed by atoms with Crippen LogP contribution < -0.4 is 15.8 Å². The minimum atomic E-state index is -0.216. The maximum atomic E-state index is 12.4. The monoisotopic (exact) mass is 354 g/mol. The largest absolute Gasteiger partial charge is 0.491 e. The normalized spacial score (nSPS) is 22.0. The molecule has 3 N–H and O–H groups in total. The average Bonchev–Trinajstić information content (AvgIpc) is 3.25. The van der Waals surface area contributed by atoms with Crippen LogP contribution in [0.25, 0.3) is 0 Å². The lowest BCUT2D eigenvalue weighted by molar-refractivity contribution is 0.0679. The second-order valence-electron chi connectivity index (χ2n) is 6.62. The summed E-state index contributed by atoms with van der Waals surface area (Å²) in [6.07, 6.45) is 6.57. The van der Waals surface area contributed by atoms with Crippen LogP contribution in [0.3, 0.4) is 0 Å². The van der Waals surface area contributed by atoms with Crippen molar-refractivity contribution in [3.8, 4) is 5.75 Å². The molecule has 3 rings (SSSR count). The van der Waals surface area contributed by atoms with Crippen molar-refractivity contribution in [1.29, 1.82) is 0 Å². The molecular formula is C18H27ClN2O3. The van der Waals surface area contributed by atoms with Crippen molar-refractivity contribution in [3.05, 3.63) is 29.8 Å². The number of benzene rings is 1. The van der Waals surface area contributed by atoms with Crippen LogP contribution in [0, 0.1) is 0 Å². The Balaban J connectivity index is 0.00000208. The molecule has 1 unspecified atom stereocenters. The van der Waals surface area contributed by atoms with Crippen LogP contribution in [0.5, 0.6) is 5.75 Å². The van der Waals surface area contributed by atoms with Crippen LogP contribution in [0.1, 0.15) is 48.9 Å². The third-order valence-corrected chi connectivity index (χ3v) is 4.91. The second kappa shape index (κ2) is 8.70. The molecule has 1 aliphatic carbocycles. The number of hydrogen-bond acceptors (Lipinski definition) is 4. The van der Waals surface area contributed by atoms with E-state index in [2.05, 4.69) is 5.32 Å². The molecule has 0 aromatic heterocycles. The number of halogens is 1. The Bertz CT molecular complexity index is 524. The van der Waals surface area contributed by atoms with E-state index in [0.29, 0.717) is 18.7 Å². The molecule has 1 aromatic rings. The predicted molar refractivity (Wildman–Crippen MR) is 95.9 cm³/mol. The zero-order valence-corrected chi connectivity index (χ0v) is 14.8. The Kier molecular flexibility index (Phi) is 6.90. The summed E-state index contributed by atoms with van der Waals surface area (Å²) < 4.78 is 11.3. The van der Waals surface area contributed by atoms with Gasteiger partial charge in [-0.05, 0) is 49.9 Å². The van der Waals surface area contributed by atoms with Crippen LogP contribution in [-0.4, -0.2) is 37.3 Å². The lowest BCUT2D eigenvalue weighted by Gasteiger charge is -2.28. The molecule has 1 amide bonds. The highest BCUT2D eigenvalue weighted by molar-refractivity contribution is 5.94. The predicted octanol–water partition coefficient (Wildman–Crippen LogP) is 2.67. The second-order valence-corrected chi connectivity index (χ2v) is 6.62. The number of amides is 1. The molecule has 0 spiro atoms. The van der Waals surface area contributed by atoms with Gasteiger partial charge in [0.25, 0.3) is 5.91 Å². The fraction of sp³-hybridized carbons (Fsp3) is 0.611. The molecular weight excluding hydrogens is 328 g/mol. The van der Waals surface area contributed by atoms with E-state index in [9.17, 15) is 4.79 Å². The summed E-state index contributed by atoms with van der Waals surface area (Å²) >= 11 is 0. The highest BCUT2D eigenvalue weighted by Gasteiger charge is 2.34. The molecule has 2 aliphatic rings. The van der Waals surface area contributed by atoms with E-state index in [4.69, 9.17) is 15.2 Å². The van der Waals surface area contributed by atoms with Crippen molar-refractivity contribution in [3.63, 3.8) is 0 Å². The van der Waals surface area contributed by atoms with Gasteiger partial charge < -0.3 is 20.5 Å². The highest BCUT2D eigenvalue weighted by atomic mass is 35.5. The third-order valence-electron chi connectivity index (χ3n) is 4.91. The summed E-state index contributed by atoms with van der Waals surface area (Å²) in [6.45, 7) is 1.90. The molecule has 1 atom stereocenters. The minimum absolute atomic E-state index is 0. The van der Waals surface area contributed by atoms with Gasteiger partial charge in [-0.15, -0.1) is 12.4 Å². The van der Waals surface area contributed by atoms with Crippen LogP contribution in [0.15, 0.2) is 24.3 Å². The number of carbonyl (C=O) groups excluding carboxylic acids is 1. The van der Waals surface area contributed by atoms with E-state index in [0.717, 1.165) is 50.9 Å². The molecule has 5 nitrogen and oxygen atoms in total. The molecule has 24 heavy (non-hydrogen) atoms. The van der Waals surface area contributed by atoms with Crippen LogP contribution >= 0.6 is 12.4 Å². The lowest BCUT2D eigenvalue weighted by Crippen LogP contribution is -2.51. The first-order chi connectivity index (χ1) is 11.2. The van der Waals surface area contributed by atoms with Gasteiger partial charge in [0.1, 0.15) is 12.4 Å². The Labute approximate surface area is 149 Å². The Hall–Kier alpha value is -1.30.